The lowest BCUT2D eigenvalue weighted by Crippen LogP contribution is -2.01. The van der Waals surface area contributed by atoms with Gasteiger partial charge in [0.25, 0.3) is 0 Å². The van der Waals surface area contributed by atoms with Crippen LogP contribution in [0.5, 0.6) is 5.75 Å². The number of benzene rings is 3. The van der Waals surface area contributed by atoms with Crippen molar-refractivity contribution in [3.63, 3.8) is 0 Å². The highest BCUT2D eigenvalue weighted by atomic mass is 16.3. The van der Waals surface area contributed by atoms with Gasteiger partial charge in [0.15, 0.2) is 0 Å². The summed E-state index contributed by atoms with van der Waals surface area (Å²) in [6.45, 7) is 2.14. The molecule has 1 heterocycles. The van der Waals surface area contributed by atoms with Crippen LogP contribution in [0.2, 0.25) is 0 Å². The molecule has 0 unspecified atom stereocenters. The largest absolute Gasteiger partial charge is 0.506 e. The third kappa shape index (κ3) is 2.93. The van der Waals surface area contributed by atoms with Gasteiger partial charge in [-0.3, -0.25) is 0 Å². The maximum atomic E-state index is 10.2. The van der Waals surface area contributed by atoms with Gasteiger partial charge in [-0.25, -0.2) is 0 Å². The molecule has 5 heteroatoms. The lowest BCUT2D eigenvalue weighted by Gasteiger charge is -2.05. The van der Waals surface area contributed by atoms with Crippen molar-refractivity contribution in [2.24, 2.45) is 0 Å². The Balaban J connectivity index is 1.79. The highest BCUT2D eigenvalue weighted by Gasteiger charge is 2.11. The van der Waals surface area contributed by atoms with Gasteiger partial charge < -0.3 is 10.2 Å². The normalized spacial score (nSPS) is 11.2. The molecule has 2 N–H and O–H groups in total. The van der Waals surface area contributed by atoms with E-state index in [1.165, 1.54) is 10.4 Å². The summed E-state index contributed by atoms with van der Waals surface area (Å²) in [6, 6.07) is 19.4. The minimum atomic E-state index is 0.0541. The highest BCUT2D eigenvalue weighted by molar-refractivity contribution is 5.82. The Morgan fingerprint density at radius 3 is 2.54 bits per heavy atom. The molecule has 0 radical (unpaired) electrons. The van der Waals surface area contributed by atoms with Crippen molar-refractivity contribution in [3.8, 4) is 22.6 Å². The summed E-state index contributed by atoms with van der Waals surface area (Å²) in [7, 11) is 0. The zero-order valence-corrected chi connectivity index (χ0v) is 14.4. The standard InChI is InChI=1S/C21H19N3O2/c1-14-4-2-3-5-17(14)16-7-8-18-19(13-16)23-24(22-18)20-12-15(10-11-25)6-9-21(20)26/h2-9,12-13,25-26H,10-11H2,1H3. The second-order valence-corrected chi connectivity index (χ2v) is 6.30. The first-order chi connectivity index (χ1) is 12.7. The van der Waals surface area contributed by atoms with Crippen molar-refractivity contribution in [1.29, 1.82) is 0 Å². The first kappa shape index (κ1) is 16.3. The number of aromatic nitrogens is 3. The Kier molecular flexibility index (Phi) is 4.14. The number of rotatable bonds is 4. The van der Waals surface area contributed by atoms with E-state index in [0.717, 1.165) is 27.7 Å². The lowest BCUT2D eigenvalue weighted by molar-refractivity contribution is 0.299. The van der Waals surface area contributed by atoms with E-state index in [-0.39, 0.29) is 12.4 Å². The van der Waals surface area contributed by atoms with Gasteiger partial charge in [0.1, 0.15) is 22.5 Å². The molecule has 4 aromatic rings. The Labute approximate surface area is 151 Å². The summed E-state index contributed by atoms with van der Waals surface area (Å²) < 4.78 is 0. The average Bonchev–Trinajstić information content (AvgIpc) is 3.07. The summed E-state index contributed by atoms with van der Waals surface area (Å²) in [5.41, 5.74) is 6.39. The molecule has 26 heavy (non-hydrogen) atoms. The molecule has 0 bridgehead atoms. The number of aryl methyl sites for hydroxylation is 1. The summed E-state index contributed by atoms with van der Waals surface area (Å²) in [5.74, 6) is 0.103. The maximum Gasteiger partial charge on any atom is 0.143 e. The molecule has 0 aliphatic carbocycles. The van der Waals surface area contributed by atoms with Crippen LogP contribution < -0.4 is 0 Å². The molecule has 0 saturated heterocycles. The summed E-state index contributed by atoms with van der Waals surface area (Å²) >= 11 is 0. The molecule has 0 fully saturated rings. The molecule has 0 aliphatic rings. The Hall–Kier alpha value is -3.18. The van der Waals surface area contributed by atoms with Crippen LogP contribution in [0.25, 0.3) is 27.8 Å². The molecule has 0 atom stereocenters. The first-order valence-electron chi connectivity index (χ1n) is 8.52. The van der Waals surface area contributed by atoms with Gasteiger partial charge in [0, 0.05) is 6.61 Å². The number of hydrogen-bond acceptors (Lipinski definition) is 4. The van der Waals surface area contributed by atoms with Gasteiger partial charge in [-0.1, -0.05) is 36.4 Å². The molecule has 5 nitrogen and oxygen atoms in total. The van der Waals surface area contributed by atoms with Crippen LogP contribution in [0.15, 0.2) is 60.7 Å². The van der Waals surface area contributed by atoms with E-state index in [0.29, 0.717) is 12.1 Å². The number of hydrogen-bond donors (Lipinski definition) is 2. The fraction of sp³-hybridized carbons (Fsp3) is 0.143. The molecule has 0 aliphatic heterocycles. The number of aliphatic hydroxyl groups excluding tert-OH is 1. The predicted octanol–water partition coefficient (Wildman–Crippen LogP) is 3.64. The van der Waals surface area contributed by atoms with E-state index in [4.69, 9.17) is 5.11 Å². The molecule has 0 amide bonds. The van der Waals surface area contributed by atoms with Crippen LogP contribution in [0.1, 0.15) is 11.1 Å². The number of aliphatic hydroxyl groups is 1. The Bertz CT molecular complexity index is 1090. The van der Waals surface area contributed by atoms with Crippen molar-refractivity contribution < 1.29 is 10.2 Å². The monoisotopic (exact) mass is 345 g/mol. The third-order valence-electron chi connectivity index (χ3n) is 4.49. The predicted molar refractivity (Wildman–Crippen MR) is 101 cm³/mol. The number of phenols is 1. The summed E-state index contributed by atoms with van der Waals surface area (Å²) in [6.07, 6.45) is 0.519. The van der Waals surface area contributed by atoms with Crippen molar-refractivity contribution >= 4 is 11.0 Å². The second kappa shape index (κ2) is 6.61. The van der Waals surface area contributed by atoms with Gasteiger partial charge in [-0.05, 0) is 59.9 Å². The molecule has 4 rings (SSSR count). The van der Waals surface area contributed by atoms with E-state index in [2.05, 4.69) is 29.3 Å². The van der Waals surface area contributed by atoms with E-state index < -0.39 is 0 Å². The Morgan fingerprint density at radius 1 is 0.923 bits per heavy atom. The topological polar surface area (TPSA) is 71.2 Å². The SMILES string of the molecule is Cc1ccccc1-c1ccc2nn(-c3cc(CCO)ccc3O)nc2c1. The summed E-state index contributed by atoms with van der Waals surface area (Å²) in [5, 5.41) is 28.3. The van der Waals surface area contributed by atoms with Crippen LogP contribution in [0.3, 0.4) is 0 Å². The van der Waals surface area contributed by atoms with Crippen LogP contribution in [-0.2, 0) is 6.42 Å². The minimum Gasteiger partial charge on any atom is -0.506 e. The lowest BCUT2D eigenvalue weighted by atomic mass is 10.0. The van der Waals surface area contributed by atoms with E-state index in [1.54, 1.807) is 18.2 Å². The highest BCUT2D eigenvalue weighted by Crippen LogP contribution is 2.27. The Morgan fingerprint density at radius 2 is 1.73 bits per heavy atom. The van der Waals surface area contributed by atoms with Crippen molar-refractivity contribution in [2.45, 2.75) is 13.3 Å². The molecular formula is C21H19N3O2. The fourth-order valence-corrected chi connectivity index (χ4v) is 3.10. The van der Waals surface area contributed by atoms with Crippen molar-refractivity contribution in [1.82, 2.24) is 15.0 Å². The van der Waals surface area contributed by atoms with E-state index in [9.17, 15) is 5.11 Å². The molecular weight excluding hydrogens is 326 g/mol. The smallest absolute Gasteiger partial charge is 0.143 e. The van der Waals surface area contributed by atoms with Gasteiger partial charge in [0.2, 0.25) is 0 Å². The number of aromatic hydroxyl groups is 1. The quantitative estimate of drug-likeness (QED) is 0.592. The van der Waals surface area contributed by atoms with E-state index >= 15 is 0 Å². The molecule has 3 aromatic carbocycles. The van der Waals surface area contributed by atoms with Gasteiger partial charge >= 0.3 is 0 Å². The fourth-order valence-electron chi connectivity index (χ4n) is 3.10. The molecule has 0 saturated carbocycles. The van der Waals surface area contributed by atoms with E-state index in [1.807, 2.05) is 30.3 Å². The molecule has 1 aromatic heterocycles. The third-order valence-corrected chi connectivity index (χ3v) is 4.49. The average molecular weight is 345 g/mol. The zero-order chi connectivity index (χ0) is 18.1. The number of fused-ring (bicyclic) bond motifs is 1. The van der Waals surface area contributed by atoms with Gasteiger partial charge in [-0.15, -0.1) is 15.0 Å². The first-order valence-corrected chi connectivity index (χ1v) is 8.52. The van der Waals surface area contributed by atoms with Crippen LogP contribution in [0.4, 0.5) is 0 Å². The van der Waals surface area contributed by atoms with Crippen molar-refractivity contribution in [2.75, 3.05) is 6.61 Å². The van der Waals surface area contributed by atoms with Crippen LogP contribution >= 0.6 is 0 Å². The van der Waals surface area contributed by atoms with Crippen LogP contribution in [-0.4, -0.2) is 31.8 Å². The summed E-state index contributed by atoms with van der Waals surface area (Å²) in [4.78, 5) is 1.45. The van der Waals surface area contributed by atoms with Gasteiger partial charge in [0.05, 0.1) is 0 Å². The minimum absolute atomic E-state index is 0.0541. The number of nitrogens with zero attached hydrogens (tertiary/aromatic N) is 3. The second-order valence-electron chi connectivity index (χ2n) is 6.30. The van der Waals surface area contributed by atoms with Gasteiger partial charge in [-0.2, -0.15) is 0 Å². The maximum absolute atomic E-state index is 10.2. The van der Waals surface area contributed by atoms with Crippen molar-refractivity contribution in [3.05, 3.63) is 71.8 Å². The zero-order valence-electron chi connectivity index (χ0n) is 14.4. The molecule has 130 valence electrons. The van der Waals surface area contributed by atoms with Crippen LogP contribution in [0, 0.1) is 6.92 Å². The number of phenolic OH excluding ortho intramolecular Hbond substituents is 1. The molecule has 0 spiro atoms.